The van der Waals surface area contributed by atoms with Crippen molar-refractivity contribution in [2.24, 2.45) is 11.3 Å². The van der Waals surface area contributed by atoms with Gasteiger partial charge in [-0.1, -0.05) is 38.8 Å². The monoisotopic (exact) mass is 381 g/mol. The smallest absolute Gasteiger partial charge is 0.238 e. The molecule has 1 aliphatic rings. The van der Waals surface area contributed by atoms with Gasteiger partial charge in [0.05, 0.1) is 11.0 Å². The molecule has 3 atom stereocenters. The molecule has 0 saturated heterocycles. The Bertz CT molecular complexity index is 624. The minimum Gasteiger partial charge on any atom is -0.360 e. The first kappa shape index (κ1) is 20.8. The Morgan fingerprint density at radius 3 is 2.65 bits per heavy atom. The number of rotatable bonds is 6. The van der Waals surface area contributed by atoms with E-state index in [9.17, 15) is 9.59 Å². The largest absolute Gasteiger partial charge is 0.360 e. The van der Waals surface area contributed by atoms with Crippen molar-refractivity contribution in [1.29, 1.82) is 0 Å². The molecule has 1 aromatic rings. The van der Waals surface area contributed by atoms with E-state index in [1.54, 1.807) is 19.9 Å². The molecule has 6 nitrogen and oxygen atoms in total. The maximum atomic E-state index is 12.4. The fourth-order valence-corrected chi connectivity index (χ4v) is 4.21. The summed E-state index contributed by atoms with van der Waals surface area (Å²) in [7, 11) is 0. The molecule has 0 aliphatic heterocycles. The molecule has 0 bridgehead atoms. The summed E-state index contributed by atoms with van der Waals surface area (Å²) in [4.78, 5) is 24.5. The Morgan fingerprint density at radius 1 is 1.35 bits per heavy atom. The van der Waals surface area contributed by atoms with Gasteiger partial charge in [0, 0.05) is 12.1 Å². The fraction of sp³-hybridized carbons (Fsp3) is 0.737. The lowest BCUT2D eigenvalue weighted by Crippen LogP contribution is -2.47. The molecule has 26 heavy (non-hydrogen) atoms. The third kappa shape index (κ3) is 6.04. The number of carbonyl (C=O) groups is 2. The van der Waals surface area contributed by atoms with Crippen molar-refractivity contribution in [1.82, 2.24) is 10.5 Å². The SMILES string of the molecule is Cc1cc(NC(=O)C(C)SCC(=O)NC2CCCCC2C(C)(C)C)no1. The van der Waals surface area contributed by atoms with Gasteiger partial charge in [-0.15, -0.1) is 11.8 Å². The predicted molar refractivity (Wildman–Crippen MR) is 105 cm³/mol. The van der Waals surface area contributed by atoms with E-state index in [-0.39, 0.29) is 34.3 Å². The average molecular weight is 382 g/mol. The fourth-order valence-electron chi connectivity index (χ4n) is 3.52. The molecule has 3 unspecified atom stereocenters. The van der Waals surface area contributed by atoms with E-state index in [4.69, 9.17) is 4.52 Å². The van der Waals surface area contributed by atoms with Crippen molar-refractivity contribution < 1.29 is 14.1 Å². The normalized spacial score (nSPS) is 21.9. The van der Waals surface area contributed by atoms with Crippen molar-refractivity contribution in [2.45, 2.75) is 71.6 Å². The van der Waals surface area contributed by atoms with Crippen LogP contribution < -0.4 is 10.6 Å². The highest BCUT2D eigenvalue weighted by Gasteiger charge is 2.34. The molecule has 1 aliphatic carbocycles. The topological polar surface area (TPSA) is 84.2 Å². The van der Waals surface area contributed by atoms with Crippen LogP contribution >= 0.6 is 11.8 Å². The van der Waals surface area contributed by atoms with E-state index in [0.717, 1.165) is 12.8 Å². The number of aryl methyl sites for hydroxylation is 1. The third-order valence-electron chi connectivity index (χ3n) is 4.94. The lowest BCUT2D eigenvalue weighted by molar-refractivity contribution is -0.120. The molecule has 7 heteroatoms. The van der Waals surface area contributed by atoms with E-state index < -0.39 is 0 Å². The third-order valence-corrected chi connectivity index (χ3v) is 6.08. The zero-order valence-electron chi connectivity index (χ0n) is 16.4. The van der Waals surface area contributed by atoms with Crippen LogP contribution in [-0.4, -0.2) is 34.0 Å². The molecule has 0 radical (unpaired) electrons. The second-order valence-electron chi connectivity index (χ2n) is 8.20. The number of carbonyl (C=O) groups excluding carboxylic acids is 2. The van der Waals surface area contributed by atoms with Gasteiger partial charge in [-0.25, -0.2) is 0 Å². The molecule has 0 spiro atoms. The summed E-state index contributed by atoms with van der Waals surface area (Å²) in [6, 6.07) is 1.90. The Kier molecular flexibility index (Phi) is 7.15. The zero-order chi connectivity index (χ0) is 19.3. The number of aromatic nitrogens is 1. The second-order valence-corrected chi connectivity index (χ2v) is 9.53. The number of thioether (sulfide) groups is 1. The molecule has 1 fully saturated rings. The molecule has 2 N–H and O–H groups in total. The summed E-state index contributed by atoms with van der Waals surface area (Å²) in [6.07, 6.45) is 4.61. The maximum Gasteiger partial charge on any atom is 0.238 e. The molecular weight excluding hydrogens is 350 g/mol. The van der Waals surface area contributed by atoms with Crippen LogP contribution in [0.4, 0.5) is 5.82 Å². The van der Waals surface area contributed by atoms with E-state index in [2.05, 4.69) is 36.6 Å². The van der Waals surface area contributed by atoms with Gasteiger partial charge in [0.2, 0.25) is 11.8 Å². The van der Waals surface area contributed by atoms with Crippen LogP contribution in [0.15, 0.2) is 10.6 Å². The number of hydrogen-bond donors (Lipinski definition) is 2. The summed E-state index contributed by atoms with van der Waals surface area (Å²) >= 11 is 1.33. The quantitative estimate of drug-likeness (QED) is 0.784. The molecule has 1 aromatic heterocycles. The van der Waals surface area contributed by atoms with E-state index in [0.29, 0.717) is 17.5 Å². The molecular formula is C19H31N3O3S. The van der Waals surface area contributed by atoms with Crippen LogP contribution in [0, 0.1) is 18.3 Å². The first-order valence-electron chi connectivity index (χ1n) is 9.32. The summed E-state index contributed by atoms with van der Waals surface area (Å²) in [5, 5.41) is 9.30. The van der Waals surface area contributed by atoms with Gasteiger partial charge in [0.1, 0.15) is 5.76 Å². The van der Waals surface area contributed by atoms with Crippen LogP contribution in [-0.2, 0) is 9.59 Å². The minimum atomic E-state index is -0.345. The Hall–Kier alpha value is -1.50. The van der Waals surface area contributed by atoms with Crippen molar-refractivity contribution in [3.63, 3.8) is 0 Å². The minimum absolute atomic E-state index is 0.00748. The molecule has 146 valence electrons. The van der Waals surface area contributed by atoms with Crippen molar-refractivity contribution >= 4 is 29.4 Å². The molecule has 1 saturated carbocycles. The summed E-state index contributed by atoms with van der Waals surface area (Å²) in [5.41, 5.74) is 0.189. The van der Waals surface area contributed by atoms with E-state index >= 15 is 0 Å². The van der Waals surface area contributed by atoms with Crippen molar-refractivity contribution in [3.05, 3.63) is 11.8 Å². The zero-order valence-corrected chi connectivity index (χ0v) is 17.2. The highest BCUT2D eigenvalue weighted by molar-refractivity contribution is 8.01. The highest BCUT2D eigenvalue weighted by Crippen LogP contribution is 2.38. The van der Waals surface area contributed by atoms with Gasteiger partial charge in [-0.05, 0) is 38.0 Å². The highest BCUT2D eigenvalue weighted by atomic mass is 32.2. The first-order valence-corrected chi connectivity index (χ1v) is 10.4. The maximum absolute atomic E-state index is 12.4. The Labute approximate surface area is 160 Å². The number of anilines is 1. The summed E-state index contributed by atoms with van der Waals surface area (Å²) in [5.74, 6) is 1.65. The van der Waals surface area contributed by atoms with Crippen molar-refractivity contribution in [3.8, 4) is 0 Å². The van der Waals surface area contributed by atoms with Crippen LogP contribution in [0.5, 0.6) is 0 Å². The number of nitrogens with one attached hydrogen (secondary N) is 2. The standard InChI is InChI=1S/C19H31N3O3S/c1-12-10-16(22-25-12)21-18(24)13(2)26-11-17(23)20-15-9-7-6-8-14(15)19(3,4)5/h10,13-15H,6-9,11H2,1-5H3,(H,20,23)(H,21,22,24). The first-order chi connectivity index (χ1) is 12.2. The second kappa shape index (κ2) is 8.93. The van der Waals surface area contributed by atoms with Gasteiger partial charge in [-0.2, -0.15) is 0 Å². The average Bonchev–Trinajstić information content (AvgIpc) is 2.97. The van der Waals surface area contributed by atoms with E-state index in [1.807, 2.05) is 0 Å². The number of hydrogen-bond acceptors (Lipinski definition) is 5. The Balaban J connectivity index is 1.79. The van der Waals surface area contributed by atoms with Gasteiger partial charge in [0.15, 0.2) is 5.82 Å². The molecule has 2 rings (SSSR count). The van der Waals surface area contributed by atoms with Crippen LogP contribution in [0.3, 0.4) is 0 Å². The predicted octanol–water partition coefficient (Wildman–Crippen LogP) is 3.76. The van der Waals surface area contributed by atoms with Gasteiger partial charge in [-0.3, -0.25) is 9.59 Å². The summed E-state index contributed by atoms with van der Waals surface area (Å²) < 4.78 is 4.93. The van der Waals surface area contributed by atoms with Crippen molar-refractivity contribution in [2.75, 3.05) is 11.1 Å². The van der Waals surface area contributed by atoms with Gasteiger partial charge >= 0.3 is 0 Å². The Morgan fingerprint density at radius 2 is 2.04 bits per heavy atom. The van der Waals surface area contributed by atoms with Crippen LogP contribution in [0.1, 0.15) is 59.1 Å². The number of amides is 2. The molecule has 1 heterocycles. The van der Waals surface area contributed by atoms with Gasteiger partial charge in [0.25, 0.3) is 0 Å². The molecule has 2 amide bonds. The lowest BCUT2D eigenvalue weighted by atomic mass is 9.69. The number of nitrogens with zero attached hydrogens (tertiary/aromatic N) is 1. The van der Waals surface area contributed by atoms with Crippen LogP contribution in [0.2, 0.25) is 0 Å². The van der Waals surface area contributed by atoms with Crippen LogP contribution in [0.25, 0.3) is 0 Å². The lowest BCUT2D eigenvalue weighted by Gasteiger charge is -2.40. The van der Waals surface area contributed by atoms with Gasteiger partial charge < -0.3 is 15.2 Å². The molecule has 0 aromatic carbocycles. The van der Waals surface area contributed by atoms with E-state index in [1.165, 1.54) is 24.6 Å². The summed E-state index contributed by atoms with van der Waals surface area (Å²) in [6.45, 7) is 10.3.